The van der Waals surface area contributed by atoms with Crippen molar-refractivity contribution in [2.24, 2.45) is 0 Å². The van der Waals surface area contributed by atoms with E-state index in [0.29, 0.717) is 5.75 Å². The van der Waals surface area contributed by atoms with Crippen molar-refractivity contribution in [3.63, 3.8) is 0 Å². The first-order valence-electron chi connectivity index (χ1n) is 5.24. The van der Waals surface area contributed by atoms with Gasteiger partial charge in [-0.05, 0) is 42.8 Å². The molecule has 18 heavy (non-hydrogen) atoms. The largest absolute Gasteiger partial charge is 0.456 e. The first-order chi connectivity index (χ1) is 8.61. The molecule has 2 aromatic rings. The van der Waals surface area contributed by atoms with Crippen LogP contribution < -0.4 is 4.74 Å². The van der Waals surface area contributed by atoms with Crippen molar-refractivity contribution in [1.82, 2.24) is 0 Å². The Morgan fingerprint density at radius 3 is 2.72 bits per heavy atom. The molecule has 0 atom stereocenters. The van der Waals surface area contributed by atoms with Gasteiger partial charge in [-0.15, -0.1) is 0 Å². The molecule has 0 unspecified atom stereocenters. The van der Waals surface area contributed by atoms with Gasteiger partial charge in [0.15, 0.2) is 0 Å². The molecule has 2 aromatic carbocycles. The van der Waals surface area contributed by atoms with Gasteiger partial charge in [0.1, 0.15) is 28.9 Å². The molecular formula is C14H9BrFNO. The fourth-order valence-electron chi connectivity index (χ4n) is 1.51. The lowest BCUT2D eigenvalue weighted by molar-refractivity contribution is 0.474. The summed E-state index contributed by atoms with van der Waals surface area (Å²) >= 11 is 3.39. The maximum atomic E-state index is 13.4. The van der Waals surface area contributed by atoms with E-state index in [1.807, 2.05) is 19.1 Å². The Morgan fingerprint density at radius 1 is 1.28 bits per heavy atom. The summed E-state index contributed by atoms with van der Waals surface area (Å²) in [5, 5.41) is 8.90. The molecule has 0 aromatic heterocycles. The summed E-state index contributed by atoms with van der Waals surface area (Å²) in [4.78, 5) is 0. The van der Waals surface area contributed by atoms with Gasteiger partial charge in [0, 0.05) is 4.47 Å². The first-order valence-corrected chi connectivity index (χ1v) is 6.03. The molecule has 0 bridgehead atoms. The molecule has 4 heteroatoms. The van der Waals surface area contributed by atoms with Crippen LogP contribution in [-0.4, -0.2) is 0 Å². The molecule has 0 aliphatic heterocycles. The summed E-state index contributed by atoms with van der Waals surface area (Å²) in [6.45, 7) is 1.92. The van der Waals surface area contributed by atoms with Crippen molar-refractivity contribution in [2.75, 3.05) is 0 Å². The third-order valence-electron chi connectivity index (χ3n) is 2.44. The van der Waals surface area contributed by atoms with Crippen LogP contribution in [0.3, 0.4) is 0 Å². The summed E-state index contributed by atoms with van der Waals surface area (Å²) < 4.78 is 19.9. The predicted molar refractivity (Wildman–Crippen MR) is 70.1 cm³/mol. The Labute approximate surface area is 113 Å². The van der Waals surface area contributed by atoms with E-state index in [2.05, 4.69) is 15.9 Å². The molecule has 0 saturated carbocycles. The zero-order chi connectivity index (χ0) is 13.1. The molecular weight excluding hydrogens is 297 g/mol. The van der Waals surface area contributed by atoms with Crippen molar-refractivity contribution in [3.05, 3.63) is 57.8 Å². The fraction of sp³-hybridized carbons (Fsp3) is 0.0714. The van der Waals surface area contributed by atoms with Gasteiger partial charge in [0.2, 0.25) is 0 Å². The van der Waals surface area contributed by atoms with Crippen LogP contribution in [-0.2, 0) is 0 Å². The minimum absolute atomic E-state index is 0.0851. The first kappa shape index (κ1) is 12.6. The third-order valence-corrected chi connectivity index (χ3v) is 3.33. The third kappa shape index (κ3) is 2.52. The molecule has 0 fully saturated rings. The second-order valence-electron chi connectivity index (χ2n) is 3.74. The second-order valence-corrected chi connectivity index (χ2v) is 4.59. The van der Waals surface area contributed by atoms with E-state index in [1.54, 1.807) is 18.2 Å². The highest BCUT2D eigenvalue weighted by Crippen LogP contribution is 2.29. The highest BCUT2D eigenvalue weighted by Gasteiger charge is 2.10. The van der Waals surface area contributed by atoms with Crippen molar-refractivity contribution in [3.8, 4) is 17.6 Å². The van der Waals surface area contributed by atoms with E-state index in [4.69, 9.17) is 10.00 Å². The van der Waals surface area contributed by atoms with Gasteiger partial charge in [0.05, 0.1) is 0 Å². The SMILES string of the molecule is Cc1cc(Oc2cccc(F)c2C#N)ccc1Br. The van der Waals surface area contributed by atoms with Crippen molar-refractivity contribution >= 4 is 15.9 Å². The molecule has 2 rings (SSSR count). The van der Waals surface area contributed by atoms with E-state index in [-0.39, 0.29) is 11.3 Å². The number of hydrogen-bond donors (Lipinski definition) is 0. The van der Waals surface area contributed by atoms with Crippen LogP contribution in [0.4, 0.5) is 4.39 Å². The number of aryl methyl sites for hydroxylation is 1. The maximum Gasteiger partial charge on any atom is 0.148 e. The average Bonchev–Trinajstić information content (AvgIpc) is 2.34. The summed E-state index contributed by atoms with van der Waals surface area (Å²) in [5.74, 6) is 0.209. The molecule has 0 radical (unpaired) electrons. The number of hydrogen-bond acceptors (Lipinski definition) is 2. The van der Waals surface area contributed by atoms with Crippen LogP contribution in [0.2, 0.25) is 0 Å². The number of benzene rings is 2. The Balaban J connectivity index is 2.37. The number of halogens is 2. The minimum Gasteiger partial charge on any atom is -0.456 e. The fourth-order valence-corrected chi connectivity index (χ4v) is 1.75. The summed E-state index contributed by atoms with van der Waals surface area (Å²) in [6.07, 6.45) is 0. The monoisotopic (exact) mass is 305 g/mol. The highest BCUT2D eigenvalue weighted by atomic mass is 79.9. The van der Waals surface area contributed by atoms with E-state index in [9.17, 15) is 4.39 Å². The van der Waals surface area contributed by atoms with Crippen LogP contribution in [0, 0.1) is 24.1 Å². The molecule has 0 heterocycles. The predicted octanol–water partition coefficient (Wildman–Crippen LogP) is 4.56. The van der Waals surface area contributed by atoms with Crippen LogP contribution in [0.15, 0.2) is 40.9 Å². The zero-order valence-corrected chi connectivity index (χ0v) is 11.2. The lowest BCUT2D eigenvalue weighted by atomic mass is 10.2. The Bertz CT molecular complexity index is 634. The maximum absolute atomic E-state index is 13.4. The van der Waals surface area contributed by atoms with E-state index < -0.39 is 5.82 Å². The number of ether oxygens (including phenoxy) is 1. The standard InChI is InChI=1S/C14H9BrFNO/c1-9-7-10(5-6-12(9)15)18-14-4-2-3-13(16)11(14)8-17/h2-7H,1H3. The molecule has 0 aliphatic rings. The Kier molecular flexibility index (Phi) is 3.63. The van der Waals surface area contributed by atoms with Gasteiger partial charge in [-0.2, -0.15) is 5.26 Å². The zero-order valence-electron chi connectivity index (χ0n) is 9.58. The van der Waals surface area contributed by atoms with Crippen LogP contribution in [0.1, 0.15) is 11.1 Å². The van der Waals surface area contributed by atoms with E-state index >= 15 is 0 Å². The average molecular weight is 306 g/mol. The molecule has 0 aliphatic carbocycles. The topological polar surface area (TPSA) is 33.0 Å². The Morgan fingerprint density at radius 2 is 2.06 bits per heavy atom. The van der Waals surface area contributed by atoms with E-state index in [0.717, 1.165) is 10.0 Å². The molecule has 0 saturated heterocycles. The molecule has 90 valence electrons. The van der Waals surface area contributed by atoms with Gasteiger partial charge >= 0.3 is 0 Å². The Hall–Kier alpha value is -1.86. The van der Waals surface area contributed by atoms with Gasteiger partial charge in [-0.1, -0.05) is 22.0 Å². The van der Waals surface area contributed by atoms with Gasteiger partial charge in [0.25, 0.3) is 0 Å². The molecule has 0 amide bonds. The molecule has 2 nitrogen and oxygen atoms in total. The second kappa shape index (κ2) is 5.19. The summed E-state index contributed by atoms with van der Waals surface area (Å²) in [6, 6.07) is 11.5. The normalized spacial score (nSPS) is 9.89. The van der Waals surface area contributed by atoms with Crippen LogP contribution in [0.5, 0.6) is 11.5 Å². The summed E-state index contributed by atoms with van der Waals surface area (Å²) in [5.41, 5.74) is 0.917. The number of nitriles is 1. The quantitative estimate of drug-likeness (QED) is 0.815. The van der Waals surface area contributed by atoms with E-state index in [1.165, 1.54) is 12.1 Å². The van der Waals surface area contributed by atoms with Gasteiger partial charge < -0.3 is 4.74 Å². The smallest absolute Gasteiger partial charge is 0.148 e. The van der Waals surface area contributed by atoms with Gasteiger partial charge in [-0.25, -0.2) is 4.39 Å². The lowest BCUT2D eigenvalue weighted by Gasteiger charge is -2.09. The highest BCUT2D eigenvalue weighted by molar-refractivity contribution is 9.10. The summed E-state index contributed by atoms with van der Waals surface area (Å²) in [7, 11) is 0. The number of rotatable bonds is 2. The van der Waals surface area contributed by atoms with Gasteiger partial charge in [-0.3, -0.25) is 0 Å². The lowest BCUT2D eigenvalue weighted by Crippen LogP contribution is -1.92. The van der Waals surface area contributed by atoms with Crippen LogP contribution >= 0.6 is 15.9 Å². The van der Waals surface area contributed by atoms with Crippen molar-refractivity contribution < 1.29 is 9.13 Å². The number of nitrogens with zero attached hydrogens (tertiary/aromatic N) is 1. The van der Waals surface area contributed by atoms with Crippen molar-refractivity contribution in [1.29, 1.82) is 5.26 Å². The molecule has 0 spiro atoms. The molecule has 0 N–H and O–H groups in total. The van der Waals surface area contributed by atoms with Crippen LogP contribution in [0.25, 0.3) is 0 Å². The minimum atomic E-state index is -0.580. The van der Waals surface area contributed by atoms with Crippen molar-refractivity contribution in [2.45, 2.75) is 6.92 Å².